The number of likely N-dealkylation sites (tertiary alicyclic amines) is 1. The van der Waals surface area contributed by atoms with Crippen molar-refractivity contribution >= 4 is 11.8 Å². The Morgan fingerprint density at radius 3 is 2.65 bits per heavy atom. The fourth-order valence-electron chi connectivity index (χ4n) is 3.78. The first-order chi connectivity index (χ1) is 12.7. The van der Waals surface area contributed by atoms with Gasteiger partial charge in [0.25, 0.3) is 5.91 Å². The largest absolute Gasteiger partial charge is 0.351 e. The number of hydrogen-bond acceptors (Lipinski definition) is 3. The summed E-state index contributed by atoms with van der Waals surface area (Å²) >= 11 is 0. The molecule has 2 aliphatic rings. The van der Waals surface area contributed by atoms with Gasteiger partial charge in [-0.2, -0.15) is 0 Å². The van der Waals surface area contributed by atoms with E-state index in [1.54, 1.807) is 6.07 Å². The molecular weight excluding hydrogens is 328 g/mol. The fraction of sp³-hybridized carbons (Fsp3) is 0.400. The number of hydrogen-bond donors (Lipinski definition) is 2. The Labute approximate surface area is 153 Å². The summed E-state index contributed by atoms with van der Waals surface area (Å²) in [5.41, 5.74) is 1.94. The molecule has 0 saturated carbocycles. The van der Waals surface area contributed by atoms with Crippen LogP contribution in [0.3, 0.4) is 0 Å². The van der Waals surface area contributed by atoms with E-state index in [-0.39, 0.29) is 17.9 Å². The minimum absolute atomic E-state index is 0.0841. The second-order valence-corrected chi connectivity index (χ2v) is 7.12. The number of carbonyl (C=O) groups excluding carboxylic acids is 2. The van der Waals surface area contributed by atoms with Crippen LogP contribution in [-0.4, -0.2) is 46.5 Å². The van der Waals surface area contributed by atoms with E-state index in [1.165, 1.54) is 5.56 Å². The average Bonchev–Trinajstić information content (AvgIpc) is 3.13. The van der Waals surface area contributed by atoms with E-state index in [0.29, 0.717) is 12.2 Å². The molecule has 2 aromatic rings. The SMILES string of the molecule is O=C1NC(C(=O)NC2CCN(Cc3ccccc3)CC2)Cn2cccc21. The zero-order valence-electron chi connectivity index (χ0n) is 14.7. The number of nitrogens with one attached hydrogen (secondary N) is 2. The maximum atomic E-state index is 12.6. The predicted octanol–water partition coefficient (Wildman–Crippen LogP) is 1.38. The van der Waals surface area contributed by atoms with Crippen molar-refractivity contribution in [3.63, 3.8) is 0 Å². The number of amides is 2. The maximum absolute atomic E-state index is 12.6. The third-order valence-electron chi connectivity index (χ3n) is 5.25. The van der Waals surface area contributed by atoms with Crippen LogP contribution < -0.4 is 10.6 Å². The van der Waals surface area contributed by atoms with Gasteiger partial charge in [-0.15, -0.1) is 0 Å². The summed E-state index contributed by atoms with van der Waals surface area (Å²) < 4.78 is 1.84. The predicted molar refractivity (Wildman–Crippen MR) is 98.6 cm³/mol. The first-order valence-electron chi connectivity index (χ1n) is 9.22. The number of benzene rings is 1. The second kappa shape index (κ2) is 7.33. The van der Waals surface area contributed by atoms with Crippen molar-refractivity contribution in [2.75, 3.05) is 13.1 Å². The molecule has 2 aliphatic heterocycles. The van der Waals surface area contributed by atoms with Crippen LogP contribution >= 0.6 is 0 Å². The number of nitrogens with zero attached hydrogens (tertiary/aromatic N) is 2. The molecule has 1 fully saturated rings. The van der Waals surface area contributed by atoms with Crippen LogP contribution in [0.1, 0.15) is 28.9 Å². The molecule has 1 atom stereocenters. The molecule has 2 N–H and O–H groups in total. The molecule has 0 aliphatic carbocycles. The highest BCUT2D eigenvalue weighted by atomic mass is 16.2. The molecule has 6 nitrogen and oxygen atoms in total. The maximum Gasteiger partial charge on any atom is 0.268 e. The number of aromatic nitrogens is 1. The van der Waals surface area contributed by atoms with E-state index in [2.05, 4.69) is 39.8 Å². The van der Waals surface area contributed by atoms with Gasteiger partial charge in [0.1, 0.15) is 11.7 Å². The van der Waals surface area contributed by atoms with Crippen LogP contribution in [0.4, 0.5) is 0 Å². The summed E-state index contributed by atoms with van der Waals surface area (Å²) in [6.45, 7) is 3.39. The smallest absolute Gasteiger partial charge is 0.268 e. The number of carbonyl (C=O) groups is 2. The van der Waals surface area contributed by atoms with Gasteiger partial charge in [0.2, 0.25) is 5.91 Å². The fourth-order valence-corrected chi connectivity index (χ4v) is 3.78. The molecular formula is C20H24N4O2. The van der Waals surface area contributed by atoms with Gasteiger partial charge in [0, 0.05) is 31.9 Å². The molecule has 4 rings (SSSR count). The number of piperidine rings is 1. The summed E-state index contributed by atoms with van der Waals surface area (Å²) in [7, 11) is 0. The van der Waals surface area contributed by atoms with Gasteiger partial charge in [-0.3, -0.25) is 14.5 Å². The minimum atomic E-state index is -0.496. The van der Waals surface area contributed by atoms with E-state index in [1.807, 2.05) is 22.9 Å². The van der Waals surface area contributed by atoms with Crippen molar-refractivity contribution in [1.29, 1.82) is 0 Å². The molecule has 1 saturated heterocycles. The Morgan fingerprint density at radius 1 is 1.12 bits per heavy atom. The molecule has 136 valence electrons. The first kappa shape index (κ1) is 16.8. The standard InChI is InChI=1S/C20H24N4O2/c25-19(17-14-24-10-4-7-18(24)20(26)22-17)21-16-8-11-23(12-9-16)13-15-5-2-1-3-6-15/h1-7,10,16-17H,8-9,11-14H2,(H,21,25)(H,22,26). The quantitative estimate of drug-likeness (QED) is 0.874. The van der Waals surface area contributed by atoms with Gasteiger partial charge in [-0.1, -0.05) is 30.3 Å². The Morgan fingerprint density at radius 2 is 1.88 bits per heavy atom. The zero-order valence-corrected chi connectivity index (χ0v) is 14.7. The van der Waals surface area contributed by atoms with Crippen molar-refractivity contribution in [2.24, 2.45) is 0 Å². The third-order valence-corrected chi connectivity index (χ3v) is 5.25. The Hall–Kier alpha value is -2.60. The Balaban J connectivity index is 1.27. The van der Waals surface area contributed by atoms with Gasteiger partial charge in [0.05, 0.1) is 6.54 Å². The summed E-state index contributed by atoms with van der Waals surface area (Å²) in [4.78, 5) is 27.0. The third kappa shape index (κ3) is 3.65. The molecule has 3 heterocycles. The van der Waals surface area contributed by atoms with Crippen molar-refractivity contribution in [3.8, 4) is 0 Å². The van der Waals surface area contributed by atoms with Crippen LogP contribution in [0.2, 0.25) is 0 Å². The highest BCUT2D eigenvalue weighted by molar-refractivity contribution is 5.97. The molecule has 2 amide bonds. The lowest BCUT2D eigenvalue weighted by molar-refractivity contribution is -0.124. The van der Waals surface area contributed by atoms with Crippen LogP contribution in [0.25, 0.3) is 0 Å². The van der Waals surface area contributed by atoms with Crippen LogP contribution in [0.15, 0.2) is 48.7 Å². The van der Waals surface area contributed by atoms with Crippen molar-refractivity contribution in [1.82, 2.24) is 20.1 Å². The molecule has 0 spiro atoms. The van der Waals surface area contributed by atoms with E-state index >= 15 is 0 Å². The van der Waals surface area contributed by atoms with Gasteiger partial charge in [0.15, 0.2) is 0 Å². The van der Waals surface area contributed by atoms with Crippen LogP contribution in [-0.2, 0) is 17.9 Å². The molecule has 0 bridgehead atoms. The van der Waals surface area contributed by atoms with E-state index in [4.69, 9.17) is 0 Å². The first-order valence-corrected chi connectivity index (χ1v) is 9.22. The monoisotopic (exact) mass is 352 g/mol. The van der Waals surface area contributed by atoms with Crippen molar-refractivity contribution in [2.45, 2.75) is 38.0 Å². The van der Waals surface area contributed by atoms with Crippen LogP contribution in [0.5, 0.6) is 0 Å². The molecule has 0 radical (unpaired) electrons. The lowest BCUT2D eigenvalue weighted by Crippen LogP contribution is -2.55. The van der Waals surface area contributed by atoms with E-state index in [9.17, 15) is 9.59 Å². The van der Waals surface area contributed by atoms with Crippen molar-refractivity contribution in [3.05, 3.63) is 59.9 Å². The average molecular weight is 352 g/mol. The van der Waals surface area contributed by atoms with Gasteiger partial charge in [-0.05, 0) is 30.5 Å². The minimum Gasteiger partial charge on any atom is -0.351 e. The van der Waals surface area contributed by atoms with Gasteiger partial charge >= 0.3 is 0 Å². The summed E-state index contributed by atoms with van der Waals surface area (Å²) in [6.07, 6.45) is 3.72. The van der Waals surface area contributed by atoms with Crippen LogP contribution in [0, 0.1) is 0 Å². The summed E-state index contributed by atoms with van der Waals surface area (Å²) in [6, 6.07) is 13.7. The highest BCUT2D eigenvalue weighted by Crippen LogP contribution is 2.15. The van der Waals surface area contributed by atoms with Gasteiger partial charge < -0.3 is 15.2 Å². The number of fused-ring (bicyclic) bond motifs is 1. The Kier molecular flexibility index (Phi) is 4.75. The normalized spacial score (nSPS) is 21.1. The lowest BCUT2D eigenvalue weighted by atomic mass is 10.0. The molecule has 1 aromatic heterocycles. The molecule has 6 heteroatoms. The molecule has 1 aromatic carbocycles. The van der Waals surface area contributed by atoms with Gasteiger partial charge in [-0.25, -0.2) is 0 Å². The van der Waals surface area contributed by atoms with Crippen molar-refractivity contribution < 1.29 is 9.59 Å². The summed E-state index contributed by atoms with van der Waals surface area (Å²) in [5, 5.41) is 5.93. The molecule has 26 heavy (non-hydrogen) atoms. The highest BCUT2D eigenvalue weighted by Gasteiger charge is 2.30. The summed E-state index contributed by atoms with van der Waals surface area (Å²) in [5.74, 6) is -0.265. The topological polar surface area (TPSA) is 66.4 Å². The number of rotatable bonds is 4. The molecule has 1 unspecified atom stereocenters. The second-order valence-electron chi connectivity index (χ2n) is 7.12. The zero-order chi connectivity index (χ0) is 17.9. The Bertz CT molecular complexity index is 778. The van der Waals surface area contributed by atoms with E-state index < -0.39 is 6.04 Å². The lowest BCUT2D eigenvalue weighted by Gasteiger charge is -2.33. The van der Waals surface area contributed by atoms with E-state index in [0.717, 1.165) is 32.5 Å².